The Balaban J connectivity index is 1.93. The molecule has 0 radical (unpaired) electrons. The van der Waals surface area contributed by atoms with Crippen LogP contribution in [-0.2, 0) is 11.2 Å². The molecule has 3 rings (SSSR count). The van der Waals surface area contributed by atoms with E-state index in [2.05, 4.69) is 15.3 Å². The van der Waals surface area contributed by atoms with Crippen LogP contribution in [0.15, 0.2) is 27.4 Å². The van der Waals surface area contributed by atoms with E-state index >= 15 is 0 Å². The number of anilines is 1. The number of amides is 1. The van der Waals surface area contributed by atoms with Gasteiger partial charge in [0.25, 0.3) is 5.91 Å². The molecule has 0 atom stereocenters. The van der Waals surface area contributed by atoms with Gasteiger partial charge in [-0.3, -0.25) is 9.78 Å². The van der Waals surface area contributed by atoms with Gasteiger partial charge >= 0.3 is 11.7 Å². The quantitative estimate of drug-likeness (QED) is 0.629. The molecule has 0 unspecified atom stereocenters. The number of carbonyl (C=O) groups is 2. The first-order valence-electron chi connectivity index (χ1n) is 7.68. The van der Waals surface area contributed by atoms with Crippen LogP contribution < -0.4 is 11.1 Å². The lowest BCUT2D eigenvalue weighted by atomic mass is 10.1. The van der Waals surface area contributed by atoms with Crippen LogP contribution in [0.5, 0.6) is 0 Å². The molecule has 0 saturated heterocycles. The SMILES string of the molecule is CCc1[nH]c(C(=O)Nc2ccc3oc(=O)[nH]c3c2)c(C)c1C(=O)OC. The largest absolute Gasteiger partial charge is 0.465 e. The lowest BCUT2D eigenvalue weighted by molar-refractivity contribution is 0.0599. The highest BCUT2D eigenvalue weighted by atomic mass is 16.5. The molecule has 0 aliphatic rings. The normalized spacial score (nSPS) is 10.8. The number of rotatable bonds is 4. The van der Waals surface area contributed by atoms with E-state index in [1.54, 1.807) is 25.1 Å². The van der Waals surface area contributed by atoms with Crippen molar-refractivity contribution in [1.29, 1.82) is 0 Å². The molecule has 1 aromatic carbocycles. The minimum absolute atomic E-state index is 0.290. The van der Waals surface area contributed by atoms with Crippen LogP contribution in [0, 0.1) is 6.92 Å². The van der Waals surface area contributed by atoms with Crippen molar-refractivity contribution in [2.75, 3.05) is 12.4 Å². The van der Waals surface area contributed by atoms with E-state index in [9.17, 15) is 14.4 Å². The molecule has 0 spiro atoms. The Labute approximate surface area is 142 Å². The average Bonchev–Trinajstić information content (AvgIpc) is 3.12. The van der Waals surface area contributed by atoms with Crippen molar-refractivity contribution >= 4 is 28.7 Å². The molecule has 8 nitrogen and oxygen atoms in total. The zero-order valence-electron chi connectivity index (χ0n) is 14.0. The van der Waals surface area contributed by atoms with Crippen LogP contribution in [0.3, 0.4) is 0 Å². The van der Waals surface area contributed by atoms with Gasteiger partial charge in [0.05, 0.1) is 18.2 Å². The summed E-state index contributed by atoms with van der Waals surface area (Å²) in [4.78, 5) is 41.2. The fraction of sp³-hybridized carbons (Fsp3) is 0.235. The van der Waals surface area contributed by atoms with Gasteiger partial charge in [0.15, 0.2) is 5.58 Å². The maximum atomic E-state index is 12.6. The van der Waals surface area contributed by atoms with Crippen LogP contribution in [-0.4, -0.2) is 29.0 Å². The third kappa shape index (κ3) is 2.93. The Kier molecular flexibility index (Phi) is 4.18. The van der Waals surface area contributed by atoms with Crippen LogP contribution in [0.25, 0.3) is 11.1 Å². The first kappa shape index (κ1) is 16.6. The van der Waals surface area contributed by atoms with E-state index in [1.165, 1.54) is 7.11 Å². The van der Waals surface area contributed by atoms with Crippen molar-refractivity contribution in [3.05, 3.63) is 51.3 Å². The highest BCUT2D eigenvalue weighted by molar-refractivity contribution is 6.07. The van der Waals surface area contributed by atoms with Gasteiger partial charge in [-0.15, -0.1) is 0 Å². The summed E-state index contributed by atoms with van der Waals surface area (Å²) in [7, 11) is 1.30. The van der Waals surface area contributed by atoms with Gasteiger partial charge in [-0.25, -0.2) is 9.59 Å². The molecule has 0 aliphatic carbocycles. The molecule has 3 N–H and O–H groups in total. The monoisotopic (exact) mass is 343 g/mol. The number of aromatic amines is 2. The minimum atomic E-state index is -0.561. The lowest BCUT2D eigenvalue weighted by Gasteiger charge is -2.05. The summed E-state index contributed by atoms with van der Waals surface area (Å²) in [5.74, 6) is -1.44. The van der Waals surface area contributed by atoms with E-state index in [0.717, 1.165) is 0 Å². The van der Waals surface area contributed by atoms with Gasteiger partial charge in [0.2, 0.25) is 0 Å². The molecule has 1 amide bonds. The zero-order valence-corrected chi connectivity index (χ0v) is 14.0. The average molecular weight is 343 g/mol. The number of aryl methyl sites for hydroxylation is 1. The predicted octanol–water partition coefficient (Wildman–Crippen LogP) is 2.36. The van der Waals surface area contributed by atoms with Gasteiger partial charge in [-0.05, 0) is 37.1 Å². The van der Waals surface area contributed by atoms with Gasteiger partial charge in [-0.1, -0.05) is 6.92 Å². The number of fused-ring (bicyclic) bond motifs is 1. The van der Waals surface area contributed by atoms with Gasteiger partial charge < -0.3 is 19.5 Å². The number of methoxy groups -OCH3 is 1. The molecule has 8 heteroatoms. The van der Waals surface area contributed by atoms with Crippen molar-refractivity contribution in [3.8, 4) is 0 Å². The van der Waals surface area contributed by atoms with Crippen molar-refractivity contribution in [3.63, 3.8) is 0 Å². The molecule has 2 aromatic heterocycles. The molecular formula is C17H17N3O5. The van der Waals surface area contributed by atoms with Crippen molar-refractivity contribution in [2.24, 2.45) is 0 Å². The van der Waals surface area contributed by atoms with E-state index in [0.29, 0.717) is 40.0 Å². The van der Waals surface area contributed by atoms with Gasteiger partial charge in [0.1, 0.15) is 5.69 Å². The third-order valence-electron chi connectivity index (χ3n) is 3.97. The highest BCUT2D eigenvalue weighted by Gasteiger charge is 2.23. The maximum absolute atomic E-state index is 12.6. The molecule has 0 bridgehead atoms. The van der Waals surface area contributed by atoms with Crippen molar-refractivity contribution in [1.82, 2.24) is 9.97 Å². The first-order chi connectivity index (χ1) is 11.9. The highest BCUT2D eigenvalue weighted by Crippen LogP contribution is 2.22. The van der Waals surface area contributed by atoms with Crippen LogP contribution >= 0.6 is 0 Å². The van der Waals surface area contributed by atoms with Crippen molar-refractivity contribution < 1.29 is 18.7 Å². The summed E-state index contributed by atoms with van der Waals surface area (Å²) in [6.45, 7) is 3.57. The summed E-state index contributed by atoms with van der Waals surface area (Å²) in [5, 5.41) is 2.74. The molecular weight excluding hydrogens is 326 g/mol. The van der Waals surface area contributed by atoms with Crippen LogP contribution in [0.1, 0.15) is 39.0 Å². The van der Waals surface area contributed by atoms with Crippen molar-refractivity contribution in [2.45, 2.75) is 20.3 Å². The van der Waals surface area contributed by atoms with E-state index < -0.39 is 17.6 Å². The number of benzene rings is 1. The zero-order chi connectivity index (χ0) is 18.1. The predicted molar refractivity (Wildman–Crippen MR) is 91.0 cm³/mol. The summed E-state index contributed by atoms with van der Waals surface area (Å²) < 4.78 is 9.71. The number of esters is 1. The lowest BCUT2D eigenvalue weighted by Crippen LogP contribution is -2.14. The number of carbonyl (C=O) groups excluding carboxylic acids is 2. The Hall–Kier alpha value is -3.29. The van der Waals surface area contributed by atoms with E-state index in [1.807, 2.05) is 6.92 Å². The number of nitrogens with one attached hydrogen (secondary N) is 3. The van der Waals surface area contributed by atoms with Gasteiger partial charge in [0, 0.05) is 11.4 Å². The fourth-order valence-corrected chi connectivity index (χ4v) is 2.75. The second-order valence-corrected chi connectivity index (χ2v) is 5.50. The van der Waals surface area contributed by atoms with Gasteiger partial charge in [-0.2, -0.15) is 0 Å². The molecule has 0 saturated carbocycles. The molecule has 0 aliphatic heterocycles. The standard InChI is InChI=1S/C17H17N3O5/c1-4-10-13(16(22)24-3)8(2)14(19-10)15(21)18-9-5-6-12-11(7-9)20-17(23)25-12/h5-7,19H,4H2,1-3H3,(H,18,21)(H,20,23). The van der Waals surface area contributed by atoms with Crippen LogP contribution in [0.2, 0.25) is 0 Å². The summed E-state index contributed by atoms with van der Waals surface area (Å²) in [5.41, 5.74) is 3.21. The molecule has 2 heterocycles. The Bertz CT molecular complexity index is 1020. The molecule has 0 fully saturated rings. The Morgan fingerprint density at radius 1 is 1.28 bits per heavy atom. The second-order valence-electron chi connectivity index (χ2n) is 5.50. The maximum Gasteiger partial charge on any atom is 0.417 e. The topological polar surface area (TPSA) is 117 Å². The smallest absolute Gasteiger partial charge is 0.417 e. The number of aromatic nitrogens is 2. The second kappa shape index (κ2) is 6.31. The third-order valence-corrected chi connectivity index (χ3v) is 3.97. The Morgan fingerprint density at radius 3 is 2.72 bits per heavy atom. The fourth-order valence-electron chi connectivity index (χ4n) is 2.75. The number of hydrogen-bond donors (Lipinski definition) is 3. The van der Waals surface area contributed by atoms with Crippen LogP contribution in [0.4, 0.5) is 5.69 Å². The first-order valence-corrected chi connectivity index (χ1v) is 7.68. The Morgan fingerprint density at radius 2 is 2.04 bits per heavy atom. The minimum Gasteiger partial charge on any atom is -0.465 e. The number of H-pyrrole nitrogens is 2. The number of hydrogen-bond acceptors (Lipinski definition) is 5. The number of oxazole rings is 1. The summed E-state index contributed by atoms with van der Waals surface area (Å²) in [6.07, 6.45) is 0.556. The molecule has 130 valence electrons. The molecule has 25 heavy (non-hydrogen) atoms. The molecule has 3 aromatic rings. The number of ether oxygens (including phenoxy) is 1. The van der Waals surface area contributed by atoms with E-state index in [-0.39, 0.29) is 5.69 Å². The van der Waals surface area contributed by atoms with E-state index in [4.69, 9.17) is 9.15 Å². The summed E-state index contributed by atoms with van der Waals surface area (Å²) >= 11 is 0. The summed E-state index contributed by atoms with van der Waals surface area (Å²) in [6, 6.07) is 4.80.